The summed E-state index contributed by atoms with van der Waals surface area (Å²) in [4.78, 5) is 10.5. The lowest BCUT2D eigenvalue weighted by Gasteiger charge is -2.09. The Morgan fingerprint density at radius 2 is 2.00 bits per heavy atom. The van der Waals surface area contributed by atoms with Crippen LogP contribution in [0.2, 0.25) is 0 Å². The number of nitrogens with zero attached hydrogens (tertiary/aromatic N) is 1. The van der Waals surface area contributed by atoms with Gasteiger partial charge in [-0.15, -0.1) is 0 Å². The van der Waals surface area contributed by atoms with Gasteiger partial charge >= 0.3 is 0 Å². The van der Waals surface area contributed by atoms with Crippen LogP contribution < -0.4 is 10.5 Å². The maximum atomic E-state index is 10.8. The van der Waals surface area contributed by atoms with Gasteiger partial charge in [0.2, 0.25) is 0 Å². The Kier molecular flexibility index (Phi) is 3.66. The van der Waals surface area contributed by atoms with Crippen molar-refractivity contribution >= 4 is 11.4 Å². The van der Waals surface area contributed by atoms with Crippen molar-refractivity contribution in [1.29, 1.82) is 0 Å². The van der Waals surface area contributed by atoms with E-state index in [1.807, 2.05) is 6.07 Å². The second kappa shape index (κ2) is 5.39. The Morgan fingerprint density at radius 1 is 1.26 bits per heavy atom. The fourth-order valence-corrected chi connectivity index (χ4v) is 1.79. The van der Waals surface area contributed by atoms with E-state index in [1.54, 1.807) is 37.3 Å². The third-order valence-corrected chi connectivity index (χ3v) is 2.87. The van der Waals surface area contributed by atoms with Gasteiger partial charge in [0.15, 0.2) is 0 Å². The molecule has 2 aromatic rings. The number of ether oxygens (including phenoxy) is 1. The first-order valence-corrected chi connectivity index (χ1v) is 5.79. The molecule has 5 heteroatoms. The van der Waals surface area contributed by atoms with Crippen LogP contribution in [0, 0.1) is 17.0 Å². The third kappa shape index (κ3) is 3.01. The minimum atomic E-state index is -0.390. The molecule has 0 radical (unpaired) electrons. The van der Waals surface area contributed by atoms with E-state index in [4.69, 9.17) is 10.5 Å². The molecular formula is C14H14N2O3. The molecule has 0 amide bonds. The predicted octanol–water partition coefficient (Wildman–Crippen LogP) is 3.06. The number of hydrogen-bond donors (Lipinski definition) is 1. The van der Waals surface area contributed by atoms with E-state index in [0.29, 0.717) is 17.0 Å². The normalized spacial score (nSPS) is 10.2. The summed E-state index contributed by atoms with van der Waals surface area (Å²) in [5, 5.41) is 10.8. The number of nitrogens with two attached hydrogens (primary N) is 1. The summed E-state index contributed by atoms with van der Waals surface area (Å²) in [5.41, 5.74) is 7.79. The number of benzene rings is 2. The Hall–Kier alpha value is -2.56. The summed E-state index contributed by atoms with van der Waals surface area (Å²) >= 11 is 0. The molecule has 0 fully saturated rings. The number of rotatable bonds is 4. The van der Waals surface area contributed by atoms with Gasteiger partial charge in [0.25, 0.3) is 5.69 Å². The molecule has 0 heterocycles. The quantitative estimate of drug-likeness (QED) is 0.519. The highest BCUT2D eigenvalue weighted by Gasteiger charge is 2.13. The molecule has 0 bridgehead atoms. The van der Waals surface area contributed by atoms with Crippen LogP contribution in [0.5, 0.6) is 5.75 Å². The molecule has 5 nitrogen and oxygen atoms in total. The van der Waals surface area contributed by atoms with Crippen LogP contribution in [-0.4, -0.2) is 4.92 Å². The van der Waals surface area contributed by atoms with Gasteiger partial charge in [-0.3, -0.25) is 10.1 Å². The molecule has 98 valence electrons. The summed E-state index contributed by atoms with van der Waals surface area (Å²) in [6.45, 7) is 1.99. The van der Waals surface area contributed by atoms with E-state index in [9.17, 15) is 10.1 Å². The van der Waals surface area contributed by atoms with E-state index < -0.39 is 0 Å². The molecule has 0 saturated carbocycles. The molecule has 0 aliphatic carbocycles. The first-order valence-electron chi connectivity index (χ1n) is 5.79. The van der Waals surface area contributed by atoms with Crippen molar-refractivity contribution in [2.24, 2.45) is 0 Å². The predicted molar refractivity (Wildman–Crippen MR) is 73.0 cm³/mol. The highest BCUT2D eigenvalue weighted by molar-refractivity contribution is 5.45. The largest absolute Gasteiger partial charge is 0.489 e. The first-order chi connectivity index (χ1) is 9.08. The number of hydrogen-bond acceptors (Lipinski definition) is 4. The molecule has 0 spiro atoms. The maximum absolute atomic E-state index is 10.8. The van der Waals surface area contributed by atoms with Crippen LogP contribution in [-0.2, 0) is 6.61 Å². The Labute approximate surface area is 110 Å². The Balaban J connectivity index is 2.16. The van der Waals surface area contributed by atoms with Gasteiger partial charge in [-0.2, -0.15) is 0 Å². The van der Waals surface area contributed by atoms with Crippen LogP contribution in [0.15, 0.2) is 42.5 Å². The van der Waals surface area contributed by atoms with Gasteiger partial charge in [-0.1, -0.05) is 18.2 Å². The van der Waals surface area contributed by atoms with Crippen molar-refractivity contribution in [2.45, 2.75) is 13.5 Å². The summed E-state index contributed by atoms with van der Waals surface area (Å²) in [7, 11) is 0. The SMILES string of the molecule is Cc1c(COc2cccc(N)c2)cccc1[N+](=O)[O-]. The second-order valence-corrected chi connectivity index (χ2v) is 4.18. The molecule has 0 atom stereocenters. The first kappa shape index (κ1) is 12.9. The van der Waals surface area contributed by atoms with Crippen LogP contribution in [0.3, 0.4) is 0 Å². The molecule has 0 saturated heterocycles. The number of anilines is 1. The minimum Gasteiger partial charge on any atom is -0.489 e. The molecule has 2 aromatic carbocycles. The zero-order chi connectivity index (χ0) is 13.8. The van der Waals surface area contributed by atoms with Gasteiger partial charge in [0, 0.05) is 23.4 Å². The van der Waals surface area contributed by atoms with Gasteiger partial charge < -0.3 is 10.5 Å². The van der Waals surface area contributed by atoms with Crippen molar-refractivity contribution in [2.75, 3.05) is 5.73 Å². The molecule has 2 N–H and O–H groups in total. The lowest BCUT2D eigenvalue weighted by molar-refractivity contribution is -0.385. The summed E-state index contributed by atoms with van der Waals surface area (Å²) < 4.78 is 5.59. The number of nitrogen functional groups attached to an aromatic ring is 1. The van der Waals surface area contributed by atoms with E-state index in [0.717, 1.165) is 5.56 Å². The highest BCUT2D eigenvalue weighted by Crippen LogP contribution is 2.23. The average Bonchev–Trinajstić information content (AvgIpc) is 2.37. The second-order valence-electron chi connectivity index (χ2n) is 4.18. The Bertz CT molecular complexity index is 611. The topological polar surface area (TPSA) is 78.4 Å². The van der Waals surface area contributed by atoms with Crippen molar-refractivity contribution in [3.05, 3.63) is 63.7 Å². The zero-order valence-corrected chi connectivity index (χ0v) is 10.5. The molecule has 0 aromatic heterocycles. The molecule has 0 aliphatic rings. The number of nitro groups is 1. The minimum absolute atomic E-state index is 0.105. The van der Waals surface area contributed by atoms with E-state index >= 15 is 0 Å². The Morgan fingerprint density at radius 3 is 2.68 bits per heavy atom. The molecule has 2 rings (SSSR count). The average molecular weight is 258 g/mol. The lowest BCUT2D eigenvalue weighted by Crippen LogP contribution is -2.01. The maximum Gasteiger partial charge on any atom is 0.272 e. The zero-order valence-electron chi connectivity index (χ0n) is 10.5. The van der Waals surface area contributed by atoms with Crippen LogP contribution >= 0.6 is 0 Å². The number of nitro benzene ring substituents is 1. The molecular weight excluding hydrogens is 244 g/mol. The van der Waals surface area contributed by atoms with Crippen molar-refractivity contribution in [3.8, 4) is 5.75 Å². The van der Waals surface area contributed by atoms with E-state index in [1.165, 1.54) is 6.07 Å². The molecule has 19 heavy (non-hydrogen) atoms. The smallest absolute Gasteiger partial charge is 0.272 e. The highest BCUT2D eigenvalue weighted by atomic mass is 16.6. The fraction of sp³-hybridized carbons (Fsp3) is 0.143. The molecule has 0 unspecified atom stereocenters. The van der Waals surface area contributed by atoms with Crippen LogP contribution in [0.1, 0.15) is 11.1 Å². The van der Waals surface area contributed by atoms with Crippen molar-refractivity contribution in [3.63, 3.8) is 0 Å². The van der Waals surface area contributed by atoms with E-state index in [-0.39, 0.29) is 17.2 Å². The lowest BCUT2D eigenvalue weighted by atomic mass is 10.1. The van der Waals surface area contributed by atoms with Gasteiger partial charge in [0.1, 0.15) is 12.4 Å². The van der Waals surface area contributed by atoms with Crippen molar-refractivity contribution in [1.82, 2.24) is 0 Å². The molecule has 0 aliphatic heterocycles. The summed E-state index contributed by atoms with van der Waals surface area (Å²) in [6, 6.07) is 12.0. The summed E-state index contributed by atoms with van der Waals surface area (Å²) in [6.07, 6.45) is 0. The monoisotopic (exact) mass is 258 g/mol. The third-order valence-electron chi connectivity index (χ3n) is 2.87. The van der Waals surface area contributed by atoms with Crippen molar-refractivity contribution < 1.29 is 9.66 Å². The summed E-state index contributed by atoms with van der Waals surface area (Å²) in [5.74, 6) is 0.644. The van der Waals surface area contributed by atoms with Gasteiger partial charge in [0.05, 0.1) is 4.92 Å². The standard InChI is InChI=1S/C14H14N2O3/c1-10-11(4-2-7-14(10)16(17)18)9-19-13-6-3-5-12(15)8-13/h2-8H,9,15H2,1H3. The van der Waals surface area contributed by atoms with Gasteiger partial charge in [-0.05, 0) is 24.6 Å². The van der Waals surface area contributed by atoms with Gasteiger partial charge in [-0.25, -0.2) is 0 Å². The van der Waals surface area contributed by atoms with Crippen LogP contribution in [0.25, 0.3) is 0 Å². The van der Waals surface area contributed by atoms with E-state index in [2.05, 4.69) is 0 Å². The van der Waals surface area contributed by atoms with Crippen LogP contribution in [0.4, 0.5) is 11.4 Å². The fourth-order valence-electron chi connectivity index (χ4n) is 1.79.